The van der Waals surface area contributed by atoms with Gasteiger partial charge in [-0.2, -0.15) is 0 Å². The fourth-order valence-corrected chi connectivity index (χ4v) is 3.14. The molecule has 1 atom stereocenters. The number of para-hydroxylation sites is 1. The van der Waals surface area contributed by atoms with Crippen molar-refractivity contribution in [1.82, 2.24) is 9.88 Å². The molecule has 0 aliphatic carbocycles. The van der Waals surface area contributed by atoms with E-state index in [1.807, 2.05) is 18.2 Å². The summed E-state index contributed by atoms with van der Waals surface area (Å²) in [6, 6.07) is 8.22. The van der Waals surface area contributed by atoms with Gasteiger partial charge in [0, 0.05) is 13.1 Å². The second kappa shape index (κ2) is 4.13. The molecule has 3 rings (SSSR count). The van der Waals surface area contributed by atoms with Crippen molar-refractivity contribution in [2.75, 3.05) is 13.1 Å². The zero-order chi connectivity index (χ0) is 11.0. The molecular formula is C12H14N2OS. The minimum atomic E-state index is -0.144. The SMILES string of the molecule is O[C@H]1CCN(Cc2nc3ccccc3s2)C1. The summed E-state index contributed by atoms with van der Waals surface area (Å²) < 4.78 is 1.25. The van der Waals surface area contributed by atoms with Gasteiger partial charge in [-0.3, -0.25) is 4.90 Å². The number of fused-ring (bicyclic) bond motifs is 1. The predicted molar refractivity (Wildman–Crippen MR) is 65.5 cm³/mol. The van der Waals surface area contributed by atoms with E-state index in [1.54, 1.807) is 11.3 Å². The normalized spacial score (nSPS) is 21.9. The zero-order valence-corrected chi connectivity index (χ0v) is 9.78. The first-order valence-corrected chi connectivity index (χ1v) is 6.38. The van der Waals surface area contributed by atoms with E-state index in [2.05, 4.69) is 16.0 Å². The van der Waals surface area contributed by atoms with E-state index in [0.717, 1.165) is 36.6 Å². The second-order valence-electron chi connectivity index (χ2n) is 4.25. The molecule has 0 spiro atoms. The summed E-state index contributed by atoms with van der Waals surface area (Å²) in [6.07, 6.45) is 0.750. The van der Waals surface area contributed by atoms with Crippen LogP contribution in [-0.2, 0) is 6.54 Å². The van der Waals surface area contributed by atoms with Gasteiger partial charge in [-0.15, -0.1) is 11.3 Å². The van der Waals surface area contributed by atoms with Crippen molar-refractivity contribution < 1.29 is 5.11 Å². The Morgan fingerprint density at radius 2 is 2.31 bits per heavy atom. The van der Waals surface area contributed by atoms with Crippen LogP contribution in [-0.4, -0.2) is 34.2 Å². The first-order valence-electron chi connectivity index (χ1n) is 5.56. The number of β-amino-alcohol motifs (C(OH)–C–C–N with tert-alkyl or cyclic N) is 1. The Kier molecular flexibility index (Phi) is 2.63. The smallest absolute Gasteiger partial charge is 0.108 e. The molecule has 1 aromatic heterocycles. The first-order chi connectivity index (χ1) is 7.81. The molecule has 2 heterocycles. The van der Waals surface area contributed by atoms with Crippen LogP contribution in [0.5, 0.6) is 0 Å². The summed E-state index contributed by atoms with van der Waals surface area (Å²) in [5.74, 6) is 0. The number of aliphatic hydroxyl groups excluding tert-OH is 1. The average molecular weight is 234 g/mol. The quantitative estimate of drug-likeness (QED) is 0.861. The van der Waals surface area contributed by atoms with Gasteiger partial charge in [0.2, 0.25) is 0 Å². The van der Waals surface area contributed by atoms with Gasteiger partial charge in [0.1, 0.15) is 5.01 Å². The maximum Gasteiger partial charge on any atom is 0.108 e. The Morgan fingerprint density at radius 1 is 1.44 bits per heavy atom. The lowest BCUT2D eigenvalue weighted by molar-refractivity contribution is 0.175. The lowest BCUT2D eigenvalue weighted by atomic mass is 10.3. The summed E-state index contributed by atoms with van der Waals surface area (Å²) in [5, 5.41) is 10.6. The Morgan fingerprint density at radius 3 is 3.06 bits per heavy atom. The van der Waals surface area contributed by atoms with Crippen LogP contribution in [0.1, 0.15) is 11.4 Å². The Bertz CT molecular complexity index is 463. The van der Waals surface area contributed by atoms with Crippen molar-refractivity contribution in [1.29, 1.82) is 0 Å². The number of hydrogen-bond acceptors (Lipinski definition) is 4. The molecule has 1 aliphatic heterocycles. The molecule has 1 fully saturated rings. The van der Waals surface area contributed by atoms with Crippen molar-refractivity contribution in [3.63, 3.8) is 0 Å². The molecular weight excluding hydrogens is 220 g/mol. The lowest BCUT2D eigenvalue weighted by Crippen LogP contribution is -2.21. The van der Waals surface area contributed by atoms with Crippen LogP contribution in [0.25, 0.3) is 10.2 Å². The third-order valence-corrected chi connectivity index (χ3v) is 3.97. The molecule has 1 N–H and O–H groups in total. The first kappa shape index (κ1) is 10.2. The maximum absolute atomic E-state index is 9.46. The Balaban J connectivity index is 1.79. The molecule has 4 heteroatoms. The summed E-state index contributed by atoms with van der Waals surface area (Å²) in [6.45, 7) is 2.64. The molecule has 16 heavy (non-hydrogen) atoms. The van der Waals surface area contributed by atoms with Crippen LogP contribution >= 0.6 is 11.3 Å². The van der Waals surface area contributed by atoms with Crippen molar-refractivity contribution >= 4 is 21.6 Å². The van der Waals surface area contributed by atoms with Gasteiger partial charge in [-0.1, -0.05) is 12.1 Å². The third-order valence-electron chi connectivity index (χ3n) is 2.94. The number of likely N-dealkylation sites (tertiary alicyclic amines) is 1. The summed E-state index contributed by atoms with van der Waals surface area (Å²) in [5.41, 5.74) is 1.09. The lowest BCUT2D eigenvalue weighted by Gasteiger charge is -2.11. The van der Waals surface area contributed by atoms with Crippen LogP contribution in [0.4, 0.5) is 0 Å². The summed E-state index contributed by atoms with van der Waals surface area (Å²) in [4.78, 5) is 6.86. The molecule has 0 unspecified atom stereocenters. The Hall–Kier alpha value is -0.970. The van der Waals surface area contributed by atoms with Crippen LogP contribution < -0.4 is 0 Å². The fourth-order valence-electron chi connectivity index (χ4n) is 2.13. The van der Waals surface area contributed by atoms with Crippen LogP contribution in [0.2, 0.25) is 0 Å². The summed E-state index contributed by atoms with van der Waals surface area (Å²) >= 11 is 1.75. The molecule has 0 radical (unpaired) electrons. The van der Waals surface area contributed by atoms with Crippen LogP contribution in [0.3, 0.4) is 0 Å². The number of hydrogen-bond donors (Lipinski definition) is 1. The number of benzene rings is 1. The second-order valence-corrected chi connectivity index (χ2v) is 5.37. The molecule has 0 saturated carbocycles. The van der Waals surface area contributed by atoms with E-state index < -0.39 is 0 Å². The largest absolute Gasteiger partial charge is 0.392 e. The topological polar surface area (TPSA) is 36.4 Å². The molecule has 84 valence electrons. The van der Waals surface area contributed by atoms with Gasteiger partial charge < -0.3 is 5.11 Å². The Labute approximate surface area is 98.3 Å². The molecule has 1 saturated heterocycles. The third kappa shape index (κ3) is 1.96. The van der Waals surface area contributed by atoms with Gasteiger partial charge in [-0.05, 0) is 18.6 Å². The molecule has 2 aromatic rings. The molecule has 3 nitrogen and oxygen atoms in total. The highest BCUT2D eigenvalue weighted by Gasteiger charge is 2.20. The zero-order valence-electron chi connectivity index (χ0n) is 8.97. The van der Waals surface area contributed by atoms with Crippen LogP contribution in [0.15, 0.2) is 24.3 Å². The highest BCUT2D eigenvalue weighted by Crippen LogP contribution is 2.23. The van der Waals surface area contributed by atoms with E-state index in [1.165, 1.54) is 4.70 Å². The monoisotopic (exact) mass is 234 g/mol. The average Bonchev–Trinajstić information content (AvgIpc) is 2.84. The van der Waals surface area contributed by atoms with Gasteiger partial charge in [0.15, 0.2) is 0 Å². The van der Waals surface area contributed by atoms with Gasteiger partial charge in [0.25, 0.3) is 0 Å². The maximum atomic E-state index is 9.46. The highest BCUT2D eigenvalue weighted by molar-refractivity contribution is 7.18. The minimum absolute atomic E-state index is 0.144. The fraction of sp³-hybridized carbons (Fsp3) is 0.417. The number of thiazole rings is 1. The van der Waals surface area contributed by atoms with Crippen molar-refractivity contribution in [2.45, 2.75) is 19.1 Å². The molecule has 0 bridgehead atoms. The number of aliphatic hydroxyl groups is 1. The van der Waals surface area contributed by atoms with Crippen molar-refractivity contribution in [2.24, 2.45) is 0 Å². The standard InChI is InChI=1S/C12H14N2OS/c15-9-5-6-14(7-9)8-12-13-10-3-1-2-4-11(10)16-12/h1-4,9,15H,5-8H2/t9-/m0/s1. The highest BCUT2D eigenvalue weighted by atomic mass is 32.1. The molecule has 0 amide bonds. The van der Waals surface area contributed by atoms with E-state index >= 15 is 0 Å². The number of nitrogens with zero attached hydrogens (tertiary/aromatic N) is 2. The van der Waals surface area contributed by atoms with Gasteiger partial charge in [-0.25, -0.2) is 4.98 Å². The van der Waals surface area contributed by atoms with E-state index in [-0.39, 0.29) is 6.10 Å². The van der Waals surface area contributed by atoms with Gasteiger partial charge >= 0.3 is 0 Å². The van der Waals surface area contributed by atoms with Gasteiger partial charge in [0.05, 0.1) is 22.9 Å². The van der Waals surface area contributed by atoms with E-state index in [9.17, 15) is 5.11 Å². The minimum Gasteiger partial charge on any atom is -0.392 e. The van der Waals surface area contributed by atoms with E-state index in [0.29, 0.717) is 0 Å². The number of rotatable bonds is 2. The summed E-state index contributed by atoms with van der Waals surface area (Å²) in [7, 11) is 0. The number of aromatic nitrogens is 1. The van der Waals surface area contributed by atoms with E-state index in [4.69, 9.17) is 0 Å². The molecule has 1 aromatic carbocycles. The predicted octanol–water partition coefficient (Wildman–Crippen LogP) is 1.86. The van der Waals surface area contributed by atoms with Crippen molar-refractivity contribution in [3.05, 3.63) is 29.3 Å². The molecule has 1 aliphatic rings. The van der Waals surface area contributed by atoms with Crippen molar-refractivity contribution in [3.8, 4) is 0 Å². The van der Waals surface area contributed by atoms with Crippen LogP contribution in [0, 0.1) is 0 Å².